The first kappa shape index (κ1) is 54.7. The molecule has 0 bridgehead atoms. The number of benzene rings is 4. The van der Waals surface area contributed by atoms with E-state index in [2.05, 4.69) is 207 Å². The third-order valence-corrected chi connectivity index (χ3v) is 9.94. The van der Waals surface area contributed by atoms with E-state index in [1.54, 1.807) is 0 Å². The van der Waals surface area contributed by atoms with Crippen LogP contribution in [0.1, 0.15) is 158 Å². The Morgan fingerprint density at radius 1 is 0.579 bits per heavy atom. The Balaban J connectivity index is 0.000000756. The number of allylic oxidation sites excluding steroid dienone is 4. The molecule has 0 N–H and O–H groups in total. The van der Waals surface area contributed by atoms with Crippen LogP contribution in [0.2, 0.25) is 0 Å². The van der Waals surface area contributed by atoms with E-state index in [0.29, 0.717) is 11.3 Å². The predicted molar refractivity (Wildman–Crippen MR) is 254 cm³/mol. The van der Waals surface area contributed by atoms with E-state index >= 15 is 0 Å². The molecule has 3 heteroatoms. The second kappa shape index (κ2) is 22.9. The van der Waals surface area contributed by atoms with E-state index in [1.165, 1.54) is 79.9 Å². The Morgan fingerprint density at radius 3 is 1.37 bits per heavy atom. The van der Waals surface area contributed by atoms with Gasteiger partial charge in [-0.3, -0.25) is 6.08 Å². The van der Waals surface area contributed by atoms with E-state index in [-0.39, 0.29) is 46.5 Å². The first-order valence-electron chi connectivity index (χ1n) is 20.2. The van der Waals surface area contributed by atoms with E-state index in [0.717, 1.165) is 12.8 Å². The fraction of sp³-hybridized carbons (Fsp3) is 0.463. The molecular weight excluding hydrogens is 811 g/mol. The van der Waals surface area contributed by atoms with Crippen LogP contribution in [0.5, 0.6) is 0 Å². The molecule has 1 unspecified atom stereocenters. The number of halogens is 2. The van der Waals surface area contributed by atoms with Crippen molar-refractivity contribution in [1.29, 1.82) is 0 Å². The average Bonchev–Trinajstić information content (AvgIpc) is 3.69. The summed E-state index contributed by atoms with van der Waals surface area (Å²) in [5, 5.41) is 0. The third-order valence-electron chi connectivity index (χ3n) is 9.94. The van der Waals surface area contributed by atoms with Gasteiger partial charge in [-0.15, -0.1) is 35.9 Å². The Kier molecular flexibility index (Phi) is 22.0. The monoisotopic (exact) mass is 882 g/mol. The van der Waals surface area contributed by atoms with Gasteiger partial charge >= 0.3 is 28.4 Å². The van der Waals surface area contributed by atoms with E-state index in [1.807, 2.05) is 24.3 Å². The normalized spacial score (nSPS) is 14.3. The molecule has 0 spiro atoms. The molecule has 4 aromatic carbocycles. The van der Waals surface area contributed by atoms with Crippen molar-refractivity contribution in [2.75, 3.05) is 0 Å². The standard InChI is InChI=1S/C21H25.C12H19.2C10H13.CH2.2ClH.Zr/c1-20(2,3)16-7-9-18-14(12-16)11-15-13-17(21(4,5)6)8-10-19(15)18;1-6-10-7-9(2)8-11(10)12(3,4)5;2*1-10(2,3)9-7-5-4-6-8-9;;;;/h7-10,12H,11H2,1-6H3;8-9H,6H2,1-5H3;2*5-8H,1-3H3;1H2;2*1H;/q4*-1;;;;. The van der Waals surface area contributed by atoms with Gasteiger partial charge in [0.15, 0.2) is 0 Å². The van der Waals surface area contributed by atoms with Gasteiger partial charge in [0.25, 0.3) is 0 Å². The van der Waals surface area contributed by atoms with Gasteiger partial charge < -0.3 is 0 Å². The fourth-order valence-electron chi connectivity index (χ4n) is 6.54. The topological polar surface area (TPSA) is 0 Å². The van der Waals surface area contributed by atoms with Crippen LogP contribution in [0.25, 0.3) is 11.1 Å². The molecule has 2 aliphatic rings. The Labute approximate surface area is 379 Å². The van der Waals surface area contributed by atoms with E-state index < -0.39 is 0 Å². The summed E-state index contributed by atoms with van der Waals surface area (Å²) < 4.78 is 3.34. The van der Waals surface area contributed by atoms with Crippen LogP contribution in [0.3, 0.4) is 0 Å². The van der Waals surface area contributed by atoms with Gasteiger partial charge in [0.1, 0.15) is 0 Å². The molecule has 0 nitrogen and oxygen atoms in total. The summed E-state index contributed by atoms with van der Waals surface area (Å²) in [6, 6.07) is 37.5. The summed E-state index contributed by atoms with van der Waals surface area (Å²) >= 11 is 1.30. The first-order chi connectivity index (χ1) is 25.3. The van der Waals surface area contributed by atoms with Crippen LogP contribution in [-0.2, 0) is 52.3 Å². The third kappa shape index (κ3) is 17.1. The Bertz CT molecular complexity index is 1740. The minimum atomic E-state index is 0. The van der Waals surface area contributed by atoms with Gasteiger partial charge in [0, 0.05) is 0 Å². The molecule has 0 heterocycles. The molecule has 0 saturated carbocycles. The van der Waals surface area contributed by atoms with Gasteiger partial charge in [-0.05, 0) is 39.2 Å². The van der Waals surface area contributed by atoms with Crippen molar-refractivity contribution >= 4 is 29.0 Å². The van der Waals surface area contributed by atoms with E-state index in [9.17, 15) is 0 Å². The molecular formula is C54H74Cl2Zr-4. The maximum atomic E-state index is 3.67. The van der Waals surface area contributed by atoms with Gasteiger partial charge in [-0.25, -0.2) is 5.57 Å². The Hall–Kier alpha value is -2.31. The molecule has 0 radical (unpaired) electrons. The van der Waals surface area contributed by atoms with Crippen molar-refractivity contribution in [2.45, 2.75) is 152 Å². The van der Waals surface area contributed by atoms with Crippen LogP contribution in [0, 0.1) is 35.6 Å². The quantitative estimate of drug-likeness (QED) is 0.147. The molecule has 1 atom stereocenters. The van der Waals surface area contributed by atoms with Crippen LogP contribution < -0.4 is 0 Å². The summed E-state index contributed by atoms with van der Waals surface area (Å²) in [7, 11) is 0. The van der Waals surface area contributed by atoms with Crippen molar-refractivity contribution in [1.82, 2.24) is 0 Å². The second-order valence-corrected chi connectivity index (χ2v) is 20.0. The van der Waals surface area contributed by atoms with Crippen molar-refractivity contribution in [3.63, 3.8) is 0 Å². The number of fused-ring (bicyclic) bond motifs is 3. The minimum absolute atomic E-state index is 0. The summed E-state index contributed by atoms with van der Waals surface area (Å²) in [5.41, 5.74) is 15.2. The van der Waals surface area contributed by atoms with Crippen LogP contribution in [0.15, 0.2) is 96.1 Å². The second-order valence-electron chi connectivity index (χ2n) is 20.0. The van der Waals surface area contributed by atoms with Crippen LogP contribution >= 0.6 is 24.8 Å². The van der Waals surface area contributed by atoms with Crippen molar-refractivity contribution in [3.8, 4) is 11.1 Å². The molecule has 57 heavy (non-hydrogen) atoms. The van der Waals surface area contributed by atoms with Gasteiger partial charge in [-0.2, -0.15) is 107 Å². The van der Waals surface area contributed by atoms with Gasteiger partial charge in [0.2, 0.25) is 0 Å². The van der Waals surface area contributed by atoms with Crippen molar-refractivity contribution < 1.29 is 24.2 Å². The zero-order chi connectivity index (χ0) is 42.0. The summed E-state index contributed by atoms with van der Waals surface area (Å²) in [6.45, 7) is 38.1. The Morgan fingerprint density at radius 2 is 1.02 bits per heavy atom. The number of hydrogen-bond acceptors (Lipinski definition) is 0. The zero-order valence-electron chi connectivity index (χ0n) is 38.6. The average molecular weight is 885 g/mol. The molecule has 0 aliphatic heterocycles. The van der Waals surface area contributed by atoms with Crippen LogP contribution in [0.4, 0.5) is 0 Å². The SMILES string of the molecule is CC(C)(C)c1[c-]c2c(cc1)-c1ccc(C(C)(C)C)cc1C2.CC(C)(C)c1cc[c-]cc1.CC(C)(C)c1cc[c-]cc1.CCC1=[C-]C(C)C=C1C(C)(C)C.Cl.Cl.[CH2]=[Zr]. The molecule has 2 aliphatic carbocycles. The van der Waals surface area contributed by atoms with Gasteiger partial charge in [0.05, 0.1) is 0 Å². The molecule has 312 valence electrons. The van der Waals surface area contributed by atoms with Crippen molar-refractivity contribution in [3.05, 3.63) is 154 Å². The summed E-state index contributed by atoms with van der Waals surface area (Å²) in [6.07, 6.45) is 7.98. The molecule has 4 aromatic rings. The molecule has 6 rings (SSSR count). The maximum absolute atomic E-state index is 3.67. The first-order valence-corrected chi connectivity index (χ1v) is 21.9. The molecule has 0 amide bonds. The zero-order valence-corrected chi connectivity index (χ0v) is 42.7. The van der Waals surface area contributed by atoms with E-state index in [4.69, 9.17) is 0 Å². The number of rotatable bonds is 1. The van der Waals surface area contributed by atoms with Crippen molar-refractivity contribution in [2.24, 2.45) is 11.3 Å². The molecule has 0 fully saturated rings. The predicted octanol–water partition coefficient (Wildman–Crippen LogP) is 15.8. The summed E-state index contributed by atoms with van der Waals surface area (Å²) in [4.78, 5) is 0. The molecule has 0 saturated heterocycles. The van der Waals surface area contributed by atoms with Crippen LogP contribution in [-0.4, -0.2) is 4.21 Å². The number of hydrogen-bond donors (Lipinski definition) is 0. The summed E-state index contributed by atoms with van der Waals surface area (Å²) in [5.74, 6) is 0.522. The molecule has 0 aromatic heterocycles. The fourth-order valence-corrected chi connectivity index (χ4v) is 6.54. The van der Waals surface area contributed by atoms with Gasteiger partial charge in [-0.1, -0.05) is 159 Å².